The average molecular weight is 434 g/mol. The van der Waals surface area contributed by atoms with Crippen LogP contribution in [0.25, 0.3) is 0 Å². The van der Waals surface area contributed by atoms with Crippen LogP contribution in [0.1, 0.15) is 23.7 Å². The molecule has 2 N–H and O–H groups in total. The molecule has 0 fully saturated rings. The minimum atomic E-state index is -3.76. The molecule has 0 saturated carbocycles. The van der Waals surface area contributed by atoms with E-state index in [9.17, 15) is 18.4 Å². The number of ether oxygens (including phenoxy) is 1. The van der Waals surface area contributed by atoms with Gasteiger partial charge in [0.25, 0.3) is 0 Å². The molecule has 1 amide bonds. The largest absolute Gasteiger partial charge is 0.480 e. The molecule has 2 atom stereocenters. The SMILES string of the molecule is O=C(N[C@@H](CC(F)F)C(=O)O)OC(c1ccccc1)C(F)(F)c1cccc(Cl)c1. The molecule has 0 saturated heterocycles. The first-order valence-electron chi connectivity index (χ1n) is 8.28. The van der Waals surface area contributed by atoms with Crippen molar-refractivity contribution in [2.24, 2.45) is 0 Å². The van der Waals surface area contributed by atoms with Crippen LogP contribution < -0.4 is 5.32 Å². The van der Waals surface area contributed by atoms with Crippen LogP contribution in [-0.2, 0) is 15.5 Å². The summed E-state index contributed by atoms with van der Waals surface area (Å²) in [5.41, 5.74) is -0.637. The fourth-order valence-electron chi connectivity index (χ4n) is 2.51. The zero-order valence-electron chi connectivity index (χ0n) is 14.7. The summed E-state index contributed by atoms with van der Waals surface area (Å²) in [7, 11) is 0. The number of hydrogen-bond acceptors (Lipinski definition) is 3. The first kappa shape index (κ1) is 22.5. The minimum absolute atomic E-state index is 0.0290. The van der Waals surface area contributed by atoms with Gasteiger partial charge in [0, 0.05) is 17.0 Å². The van der Waals surface area contributed by atoms with Gasteiger partial charge in [0.05, 0.1) is 0 Å². The molecule has 0 radical (unpaired) electrons. The van der Waals surface area contributed by atoms with E-state index in [2.05, 4.69) is 0 Å². The molecule has 0 heterocycles. The molecule has 10 heteroatoms. The third-order valence-electron chi connectivity index (χ3n) is 3.87. The Labute approximate surface area is 168 Å². The van der Waals surface area contributed by atoms with E-state index >= 15 is 8.78 Å². The molecule has 0 bridgehead atoms. The van der Waals surface area contributed by atoms with Crippen LogP contribution in [-0.4, -0.2) is 29.6 Å². The lowest BCUT2D eigenvalue weighted by Crippen LogP contribution is -2.43. The molecule has 5 nitrogen and oxygen atoms in total. The summed E-state index contributed by atoms with van der Waals surface area (Å²) < 4.78 is 60.1. The predicted octanol–water partition coefficient (Wildman–Crippen LogP) is 5.01. The minimum Gasteiger partial charge on any atom is -0.480 e. The summed E-state index contributed by atoms with van der Waals surface area (Å²) in [6.45, 7) is 0. The molecule has 2 aromatic rings. The van der Waals surface area contributed by atoms with Crippen LogP contribution in [0.4, 0.5) is 22.4 Å². The van der Waals surface area contributed by atoms with Gasteiger partial charge in [-0.15, -0.1) is 0 Å². The number of hydrogen-bond donors (Lipinski definition) is 2. The van der Waals surface area contributed by atoms with E-state index in [4.69, 9.17) is 21.4 Å². The van der Waals surface area contributed by atoms with Gasteiger partial charge < -0.3 is 15.2 Å². The number of carboxylic acids is 1. The lowest BCUT2D eigenvalue weighted by atomic mass is 9.97. The van der Waals surface area contributed by atoms with Crippen molar-refractivity contribution >= 4 is 23.7 Å². The van der Waals surface area contributed by atoms with E-state index in [1.807, 2.05) is 0 Å². The fourth-order valence-corrected chi connectivity index (χ4v) is 2.70. The lowest BCUT2D eigenvalue weighted by molar-refractivity contribution is -0.141. The highest BCUT2D eigenvalue weighted by Gasteiger charge is 2.46. The lowest BCUT2D eigenvalue weighted by Gasteiger charge is -2.28. The Morgan fingerprint density at radius 1 is 1.10 bits per heavy atom. The van der Waals surface area contributed by atoms with Crippen molar-refractivity contribution in [3.05, 3.63) is 70.7 Å². The first-order valence-corrected chi connectivity index (χ1v) is 8.66. The summed E-state index contributed by atoms with van der Waals surface area (Å²) >= 11 is 5.77. The van der Waals surface area contributed by atoms with Crippen molar-refractivity contribution in [1.82, 2.24) is 5.32 Å². The Kier molecular flexibility index (Phi) is 7.44. The number of alkyl carbamates (subject to hydrolysis) is 1. The van der Waals surface area contributed by atoms with Crippen molar-refractivity contribution in [3.8, 4) is 0 Å². The average Bonchev–Trinajstić information content (AvgIpc) is 2.65. The maximum Gasteiger partial charge on any atom is 0.408 e. The number of benzene rings is 2. The van der Waals surface area contributed by atoms with E-state index in [1.54, 1.807) is 11.4 Å². The molecule has 0 spiro atoms. The first-order chi connectivity index (χ1) is 13.6. The monoisotopic (exact) mass is 433 g/mol. The van der Waals surface area contributed by atoms with Gasteiger partial charge in [-0.05, 0) is 17.7 Å². The van der Waals surface area contributed by atoms with Crippen molar-refractivity contribution in [2.45, 2.75) is 30.9 Å². The summed E-state index contributed by atoms with van der Waals surface area (Å²) in [4.78, 5) is 23.1. The number of carbonyl (C=O) groups excluding carboxylic acids is 1. The summed E-state index contributed by atoms with van der Waals surface area (Å²) in [6.07, 6.45) is -7.98. The number of carboxylic acid groups (broad SMARTS) is 1. The van der Waals surface area contributed by atoms with Crippen LogP contribution >= 0.6 is 11.6 Å². The summed E-state index contributed by atoms with van der Waals surface area (Å²) in [5.74, 6) is -5.51. The second-order valence-electron chi connectivity index (χ2n) is 5.99. The van der Waals surface area contributed by atoms with Gasteiger partial charge in [-0.2, -0.15) is 8.78 Å². The number of amides is 1. The second kappa shape index (κ2) is 9.60. The van der Waals surface area contributed by atoms with Gasteiger partial charge in [0.15, 0.2) is 6.10 Å². The highest BCUT2D eigenvalue weighted by molar-refractivity contribution is 6.30. The Bertz CT molecular complexity index is 851. The molecular formula is C19H16ClF4NO4. The number of alkyl halides is 4. The molecule has 156 valence electrons. The smallest absolute Gasteiger partial charge is 0.408 e. The molecule has 1 unspecified atom stereocenters. The molecular weight excluding hydrogens is 418 g/mol. The Morgan fingerprint density at radius 3 is 2.31 bits per heavy atom. The van der Waals surface area contributed by atoms with E-state index in [0.29, 0.717) is 0 Å². The van der Waals surface area contributed by atoms with Gasteiger partial charge in [-0.3, -0.25) is 0 Å². The molecule has 0 aliphatic heterocycles. The van der Waals surface area contributed by atoms with Gasteiger partial charge >= 0.3 is 18.0 Å². The molecule has 2 aromatic carbocycles. The Hall–Kier alpha value is -2.81. The van der Waals surface area contributed by atoms with E-state index in [1.165, 1.54) is 36.4 Å². The number of rotatable bonds is 8. The van der Waals surface area contributed by atoms with Crippen LogP contribution in [0.2, 0.25) is 5.02 Å². The van der Waals surface area contributed by atoms with Crippen LogP contribution in [0, 0.1) is 0 Å². The van der Waals surface area contributed by atoms with Crippen molar-refractivity contribution in [2.75, 3.05) is 0 Å². The summed E-state index contributed by atoms with van der Waals surface area (Å²) in [5, 5.41) is 10.6. The predicted molar refractivity (Wildman–Crippen MR) is 96.2 cm³/mol. The van der Waals surface area contributed by atoms with E-state index in [-0.39, 0.29) is 10.6 Å². The molecule has 0 aromatic heterocycles. The number of halogens is 5. The number of carbonyl (C=O) groups is 2. The second-order valence-corrected chi connectivity index (χ2v) is 6.43. The van der Waals surface area contributed by atoms with Crippen LogP contribution in [0.15, 0.2) is 54.6 Å². The van der Waals surface area contributed by atoms with Crippen molar-refractivity contribution in [3.63, 3.8) is 0 Å². The molecule has 29 heavy (non-hydrogen) atoms. The van der Waals surface area contributed by atoms with Gasteiger partial charge in [0.1, 0.15) is 6.04 Å². The van der Waals surface area contributed by atoms with Crippen LogP contribution in [0.3, 0.4) is 0 Å². The third kappa shape index (κ3) is 6.08. The highest BCUT2D eigenvalue weighted by Crippen LogP contribution is 2.43. The quantitative estimate of drug-likeness (QED) is 0.574. The van der Waals surface area contributed by atoms with Crippen molar-refractivity contribution < 1.29 is 37.0 Å². The van der Waals surface area contributed by atoms with Gasteiger partial charge in [-0.25, -0.2) is 18.4 Å². The van der Waals surface area contributed by atoms with Gasteiger partial charge in [-0.1, -0.05) is 54.1 Å². The topological polar surface area (TPSA) is 75.6 Å². The molecule has 2 rings (SSSR count). The van der Waals surface area contributed by atoms with E-state index in [0.717, 1.165) is 12.1 Å². The van der Waals surface area contributed by atoms with Gasteiger partial charge in [0.2, 0.25) is 6.43 Å². The number of nitrogens with one attached hydrogen (secondary N) is 1. The van der Waals surface area contributed by atoms with Crippen LogP contribution in [0.5, 0.6) is 0 Å². The maximum absolute atomic E-state index is 15.2. The fraction of sp³-hybridized carbons (Fsp3) is 0.263. The summed E-state index contributed by atoms with van der Waals surface area (Å²) in [6, 6.07) is 9.75. The van der Waals surface area contributed by atoms with E-state index < -0.39 is 48.5 Å². The zero-order valence-corrected chi connectivity index (χ0v) is 15.5. The highest BCUT2D eigenvalue weighted by atomic mass is 35.5. The normalized spacial score (nSPS) is 13.6. The maximum atomic E-state index is 15.2. The Morgan fingerprint density at radius 2 is 1.76 bits per heavy atom. The number of aliphatic carboxylic acids is 1. The standard InChI is InChI=1S/C19H16ClF4NO4/c20-13-8-4-7-12(9-13)19(23,24)16(11-5-2-1-3-6-11)29-18(28)25-14(17(26)27)10-15(21)22/h1-9,14-16H,10H2,(H,25,28)(H,26,27)/t14-,16?/m0/s1. The molecule has 0 aliphatic rings. The Balaban J connectivity index is 2.32. The molecule has 0 aliphatic carbocycles. The zero-order chi connectivity index (χ0) is 21.6. The van der Waals surface area contributed by atoms with Crippen molar-refractivity contribution in [1.29, 1.82) is 0 Å². The third-order valence-corrected chi connectivity index (χ3v) is 4.11.